The van der Waals surface area contributed by atoms with Gasteiger partial charge in [0.2, 0.25) is 0 Å². The van der Waals surface area contributed by atoms with Crippen LogP contribution in [0.1, 0.15) is 12.0 Å². The number of carbonyl (C=O) groups is 1. The van der Waals surface area contributed by atoms with Gasteiger partial charge in [0.15, 0.2) is 11.6 Å². The standard InChI is InChI=1S/C14H16O5/c15-8-11-7-13(17)9-19-14(11,18)6-5-10-1-3-12(16)4-2-10/h1-4,7,15-16,18H,5-6,8-9H2. The van der Waals surface area contributed by atoms with E-state index in [1.807, 2.05) is 0 Å². The van der Waals surface area contributed by atoms with E-state index in [0.717, 1.165) is 5.56 Å². The van der Waals surface area contributed by atoms with Crippen LogP contribution in [-0.4, -0.2) is 40.1 Å². The summed E-state index contributed by atoms with van der Waals surface area (Å²) in [6.45, 7) is -0.604. The lowest BCUT2D eigenvalue weighted by Crippen LogP contribution is -2.42. The van der Waals surface area contributed by atoms with Gasteiger partial charge in [-0.05, 0) is 30.2 Å². The fourth-order valence-electron chi connectivity index (χ4n) is 2.01. The highest BCUT2D eigenvalue weighted by atomic mass is 16.6. The van der Waals surface area contributed by atoms with E-state index in [2.05, 4.69) is 0 Å². The molecule has 0 aromatic heterocycles. The Hall–Kier alpha value is -1.69. The predicted molar refractivity (Wildman–Crippen MR) is 67.5 cm³/mol. The van der Waals surface area contributed by atoms with Crippen molar-refractivity contribution in [2.75, 3.05) is 13.2 Å². The van der Waals surface area contributed by atoms with Gasteiger partial charge < -0.3 is 20.1 Å². The largest absolute Gasteiger partial charge is 0.508 e. The maximum absolute atomic E-state index is 11.2. The summed E-state index contributed by atoms with van der Waals surface area (Å²) in [7, 11) is 0. The van der Waals surface area contributed by atoms with E-state index < -0.39 is 12.4 Å². The molecule has 2 rings (SSSR count). The van der Waals surface area contributed by atoms with Crippen LogP contribution in [0.4, 0.5) is 0 Å². The summed E-state index contributed by atoms with van der Waals surface area (Å²) in [5.74, 6) is -1.68. The van der Waals surface area contributed by atoms with Crippen LogP contribution in [0.2, 0.25) is 0 Å². The molecule has 1 aliphatic heterocycles. The Balaban J connectivity index is 2.07. The number of aliphatic hydroxyl groups is 2. The van der Waals surface area contributed by atoms with E-state index >= 15 is 0 Å². The molecule has 5 nitrogen and oxygen atoms in total. The van der Waals surface area contributed by atoms with Crippen molar-refractivity contribution in [3.63, 3.8) is 0 Å². The minimum Gasteiger partial charge on any atom is -0.508 e. The van der Waals surface area contributed by atoms with Crippen LogP contribution in [0.25, 0.3) is 0 Å². The molecule has 102 valence electrons. The summed E-state index contributed by atoms with van der Waals surface area (Å²) < 4.78 is 5.16. The fourth-order valence-corrected chi connectivity index (χ4v) is 2.01. The van der Waals surface area contributed by atoms with E-state index in [-0.39, 0.29) is 30.1 Å². The first-order valence-electron chi connectivity index (χ1n) is 6.02. The molecular weight excluding hydrogens is 248 g/mol. The molecule has 0 spiro atoms. The second kappa shape index (κ2) is 5.52. The predicted octanol–water partition coefficient (Wildman–Crippen LogP) is 0.531. The molecule has 1 aliphatic rings. The summed E-state index contributed by atoms with van der Waals surface area (Å²) >= 11 is 0. The fraction of sp³-hybridized carbons (Fsp3) is 0.357. The number of aliphatic hydroxyl groups excluding tert-OH is 1. The molecule has 0 saturated heterocycles. The summed E-state index contributed by atoms with van der Waals surface area (Å²) in [5, 5.41) is 28.7. The van der Waals surface area contributed by atoms with E-state index in [0.29, 0.717) is 6.42 Å². The van der Waals surface area contributed by atoms with Crippen LogP contribution in [0.15, 0.2) is 35.9 Å². The van der Waals surface area contributed by atoms with Gasteiger partial charge in [0.05, 0.1) is 6.61 Å². The minimum absolute atomic E-state index is 0.179. The van der Waals surface area contributed by atoms with Crippen LogP contribution in [0.5, 0.6) is 5.75 Å². The number of carbonyl (C=O) groups excluding carboxylic acids is 1. The zero-order valence-electron chi connectivity index (χ0n) is 10.4. The summed E-state index contributed by atoms with van der Waals surface area (Å²) in [5.41, 5.74) is 1.10. The molecular formula is C14H16O5. The normalized spacial score (nSPS) is 23.3. The number of hydrogen-bond donors (Lipinski definition) is 3. The lowest BCUT2D eigenvalue weighted by Gasteiger charge is -2.32. The molecule has 0 aliphatic carbocycles. The summed E-state index contributed by atoms with van der Waals surface area (Å²) in [6, 6.07) is 6.62. The van der Waals surface area contributed by atoms with E-state index in [1.165, 1.54) is 6.08 Å². The molecule has 19 heavy (non-hydrogen) atoms. The highest BCUT2D eigenvalue weighted by Crippen LogP contribution is 2.28. The first-order valence-corrected chi connectivity index (χ1v) is 6.02. The zero-order chi connectivity index (χ0) is 13.9. The van der Waals surface area contributed by atoms with Crippen molar-refractivity contribution in [1.29, 1.82) is 0 Å². The van der Waals surface area contributed by atoms with Crippen LogP contribution in [0, 0.1) is 0 Å². The molecule has 0 amide bonds. The van der Waals surface area contributed by atoms with Crippen molar-refractivity contribution in [3.05, 3.63) is 41.5 Å². The summed E-state index contributed by atoms with van der Waals surface area (Å²) in [6.07, 6.45) is 1.97. The van der Waals surface area contributed by atoms with Crippen LogP contribution >= 0.6 is 0 Å². The van der Waals surface area contributed by atoms with Crippen molar-refractivity contribution < 1.29 is 24.9 Å². The molecule has 1 heterocycles. The van der Waals surface area contributed by atoms with Crippen molar-refractivity contribution in [2.45, 2.75) is 18.6 Å². The number of aryl methyl sites for hydroxylation is 1. The maximum atomic E-state index is 11.2. The van der Waals surface area contributed by atoms with Gasteiger partial charge in [-0.3, -0.25) is 4.79 Å². The molecule has 3 N–H and O–H groups in total. The zero-order valence-corrected chi connectivity index (χ0v) is 10.4. The molecule has 1 aromatic carbocycles. The Bertz CT molecular complexity index is 491. The Morgan fingerprint density at radius 2 is 1.95 bits per heavy atom. The third-order valence-electron chi connectivity index (χ3n) is 3.15. The quantitative estimate of drug-likeness (QED) is 0.738. The van der Waals surface area contributed by atoms with Crippen molar-refractivity contribution in [3.8, 4) is 5.75 Å². The van der Waals surface area contributed by atoms with Crippen LogP contribution < -0.4 is 0 Å². The molecule has 1 unspecified atom stereocenters. The van der Waals surface area contributed by atoms with E-state index in [1.54, 1.807) is 24.3 Å². The molecule has 0 saturated carbocycles. The van der Waals surface area contributed by atoms with E-state index in [9.17, 15) is 20.1 Å². The molecule has 5 heteroatoms. The monoisotopic (exact) mass is 264 g/mol. The molecule has 0 fully saturated rings. The number of hydrogen-bond acceptors (Lipinski definition) is 5. The number of benzene rings is 1. The lowest BCUT2D eigenvalue weighted by atomic mass is 9.95. The van der Waals surface area contributed by atoms with Gasteiger partial charge in [-0.15, -0.1) is 0 Å². The first-order chi connectivity index (χ1) is 9.03. The lowest BCUT2D eigenvalue weighted by molar-refractivity contribution is -0.190. The average Bonchev–Trinajstić information content (AvgIpc) is 2.41. The maximum Gasteiger partial charge on any atom is 0.191 e. The van der Waals surface area contributed by atoms with Gasteiger partial charge >= 0.3 is 0 Å². The number of aromatic hydroxyl groups is 1. The Kier molecular flexibility index (Phi) is 3.99. The highest BCUT2D eigenvalue weighted by molar-refractivity contribution is 5.92. The van der Waals surface area contributed by atoms with Gasteiger partial charge in [-0.2, -0.15) is 0 Å². The minimum atomic E-state index is -1.60. The van der Waals surface area contributed by atoms with Gasteiger partial charge in [-0.25, -0.2) is 0 Å². The Labute approximate surface area is 110 Å². The van der Waals surface area contributed by atoms with Crippen molar-refractivity contribution in [2.24, 2.45) is 0 Å². The molecule has 1 atom stereocenters. The third kappa shape index (κ3) is 3.20. The van der Waals surface area contributed by atoms with Crippen molar-refractivity contribution in [1.82, 2.24) is 0 Å². The Morgan fingerprint density at radius 1 is 1.26 bits per heavy atom. The second-order valence-corrected chi connectivity index (χ2v) is 4.53. The van der Waals surface area contributed by atoms with Crippen LogP contribution in [0.3, 0.4) is 0 Å². The van der Waals surface area contributed by atoms with Crippen molar-refractivity contribution >= 4 is 5.78 Å². The third-order valence-corrected chi connectivity index (χ3v) is 3.15. The number of ketones is 1. The smallest absolute Gasteiger partial charge is 0.191 e. The van der Waals surface area contributed by atoms with Crippen LogP contribution in [-0.2, 0) is 16.0 Å². The SMILES string of the molecule is O=C1C=C(CO)C(O)(CCc2ccc(O)cc2)OC1. The number of phenols is 1. The van der Waals surface area contributed by atoms with Gasteiger partial charge in [-0.1, -0.05) is 12.1 Å². The molecule has 0 radical (unpaired) electrons. The van der Waals surface area contributed by atoms with Gasteiger partial charge in [0.1, 0.15) is 12.4 Å². The molecule has 1 aromatic rings. The van der Waals surface area contributed by atoms with Gasteiger partial charge in [0, 0.05) is 12.0 Å². The topological polar surface area (TPSA) is 87.0 Å². The first kappa shape index (κ1) is 13.7. The molecule has 0 bridgehead atoms. The summed E-state index contributed by atoms with van der Waals surface area (Å²) in [4.78, 5) is 11.2. The number of phenolic OH excluding ortho intramolecular Hbond substituents is 1. The Morgan fingerprint density at radius 3 is 2.58 bits per heavy atom. The van der Waals surface area contributed by atoms with E-state index in [4.69, 9.17) is 4.74 Å². The second-order valence-electron chi connectivity index (χ2n) is 4.53. The number of rotatable bonds is 4. The number of ether oxygens (including phenoxy) is 1. The highest BCUT2D eigenvalue weighted by Gasteiger charge is 2.36. The average molecular weight is 264 g/mol. The van der Waals surface area contributed by atoms with Gasteiger partial charge in [0.25, 0.3) is 0 Å².